The number of rotatable bonds is 4. The first-order valence-corrected chi connectivity index (χ1v) is 6.38. The topological polar surface area (TPSA) is 80.9 Å². The molecule has 0 bridgehead atoms. The maximum absolute atomic E-state index is 11.7. The molecule has 1 heterocycles. The molecule has 2 rings (SSSR count). The van der Waals surface area contributed by atoms with Crippen LogP contribution >= 0.6 is 11.8 Å². The van der Waals surface area contributed by atoms with Crippen LogP contribution in [0.1, 0.15) is 23.2 Å². The standard InChI is InChI=1S/C10H14N4OS/c1-16-10-13-5-7(8(11)14-10)9(15)12-4-6-2-3-6/h5-6H,2-4H2,1H3,(H,12,15)(H2,11,13,14). The molecule has 1 aliphatic carbocycles. The van der Waals surface area contributed by atoms with Crippen LogP contribution < -0.4 is 11.1 Å². The molecule has 16 heavy (non-hydrogen) atoms. The van der Waals surface area contributed by atoms with Crippen LogP contribution in [0.15, 0.2) is 11.4 Å². The van der Waals surface area contributed by atoms with Gasteiger partial charge in [-0.3, -0.25) is 4.79 Å². The van der Waals surface area contributed by atoms with Crippen molar-refractivity contribution in [3.8, 4) is 0 Å². The number of hydrogen-bond acceptors (Lipinski definition) is 5. The lowest BCUT2D eigenvalue weighted by atomic mass is 10.3. The molecule has 1 saturated carbocycles. The van der Waals surface area contributed by atoms with Gasteiger partial charge in [-0.05, 0) is 25.0 Å². The normalized spacial score (nSPS) is 14.8. The quantitative estimate of drug-likeness (QED) is 0.602. The fourth-order valence-corrected chi connectivity index (χ4v) is 1.65. The number of nitrogens with one attached hydrogen (secondary N) is 1. The highest BCUT2D eigenvalue weighted by Crippen LogP contribution is 2.27. The molecule has 5 nitrogen and oxygen atoms in total. The minimum Gasteiger partial charge on any atom is -0.383 e. The minimum absolute atomic E-state index is 0.183. The van der Waals surface area contributed by atoms with Crippen molar-refractivity contribution in [1.29, 1.82) is 0 Å². The van der Waals surface area contributed by atoms with Gasteiger partial charge >= 0.3 is 0 Å². The molecule has 0 aromatic carbocycles. The molecule has 6 heteroatoms. The fraction of sp³-hybridized carbons (Fsp3) is 0.500. The van der Waals surface area contributed by atoms with Gasteiger partial charge in [0.1, 0.15) is 5.82 Å². The Bertz CT molecular complexity index is 406. The minimum atomic E-state index is -0.183. The van der Waals surface area contributed by atoms with E-state index in [0.29, 0.717) is 16.6 Å². The van der Waals surface area contributed by atoms with Gasteiger partial charge in [0.15, 0.2) is 5.16 Å². The maximum Gasteiger partial charge on any atom is 0.256 e. The predicted octanol–water partition coefficient (Wildman–Crippen LogP) is 0.921. The third-order valence-corrected chi connectivity index (χ3v) is 3.03. The molecule has 0 saturated heterocycles. The lowest BCUT2D eigenvalue weighted by molar-refractivity contribution is 0.0952. The van der Waals surface area contributed by atoms with Crippen LogP contribution in [0, 0.1) is 5.92 Å². The van der Waals surface area contributed by atoms with Gasteiger partial charge in [-0.1, -0.05) is 11.8 Å². The first-order chi connectivity index (χ1) is 7.70. The first kappa shape index (κ1) is 11.2. The zero-order chi connectivity index (χ0) is 11.5. The number of carbonyl (C=O) groups excluding carboxylic acids is 1. The number of amides is 1. The lowest BCUT2D eigenvalue weighted by Crippen LogP contribution is -2.26. The second-order valence-electron chi connectivity index (χ2n) is 3.81. The van der Waals surface area contributed by atoms with Crippen LogP contribution in [-0.2, 0) is 0 Å². The third kappa shape index (κ3) is 2.63. The number of nitrogens with zero attached hydrogens (tertiary/aromatic N) is 2. The lowest BCUT2D eigenvalue weighted by Gasteiger charge is -2.06. The highest BCUT2D eigenvalue weighted by atomic mass is 32.2. The second kappa shape index (κ2) is 4.69. The van der Waals surface area contributed by atoms with Crippen LogP contribution in [0.2, 0.25) is 0 Å². The highest BCUT2D eigenvalue weighted by Gasteiger charge is 2.22. The summed E-state index contributed by atoms with van der Waals surface area (Å²) in [7, 11) is 0. The summed E-state index contributed by atoms with van der Waals surface area (Å²) >= 11 is 1.40. The first-order valence-electron chi connectivity index (χ1n) is 5.15. The van der Waals surface area contributed by atoms with Gasteiger partial charge in [0.2, 0.25) is 0 Å². The summed E-state index contributed by atoms with van der Waals surface area (Å²) in [6.07, 6.45) is 5.76. The maximum atomic E-state index is 11.7. The molecule has 0 radical (unpaired) electrons. The summed E-state index contributed by atoms with van der Waals surface area (Å²) in [6.45, 7) is 0.725. The molecule has 3 N–H and O–H groups in total. The molecule has 1 aromatic rings. The summed E-state index contributed by atoms with van der Waals surface area (Å²) in [5, 5.41) is 3.41. The molecule has 1 aromatic heterocycles. The Balaban J connectivity index is 2.03. The number of hydrogen-bond donors (Lipinski definition) is 2. The van der Waals surface area contributed by atoms with Crippen LogP contribution in [0.5, 0.6) is 0 Å². The van der Waals surface area contributed by atoms with Crippen molar-refractivity contribution in [1.82, 2.24) is 15.3 Å². The number of anilines is 1. The molecular formula is C10H14N4OS. The number of nitrogen functional groups attached to an aromatic ring is 1. The van der Waals surface area contributed by atoms with E-state index in [0.717, 1.165) is 6.54 Å². The van der Waals surface area contributed by atoms with Crippen LogP contribution in [0.3, 0.4) is 0 Å². The van der Waals surface area contributed by atoms with Gasteiger partial charge in [0, 0.05) is 12.7 Å². The summed E-state index contributed by atoms with van der Waals surface area (Å²) in [5.41, 5.74) is 6.05. The third-order valence-electron chi connectivity index (χ3n) is 2.47. The number of aromatic nitrogens is 2. The van der Waals surface area contributed by atoms with E-state index in [1.54, 1.807) is 0 Å². The van der Waals surface area contributed by atoms with E-state index in [4.69, 9.17) is 5.73 Å². The predicted molar refractivity (Wildman–Crippen MR) is 63.3 cm³/mol. The molecule has 1 aliphatic rings. The molecule has 1 amide bonds. The molecule has 1 fully saturated rings. The zero-order valence-corrected chi connectivity index (χ0v) is 9.88. The van der Waals surface area contributed by atoms with E-state index in [2.05, 4.69) is 15.3 Å². The number of carbonyl (C=O) groups is 1. The summed E-state index contributed by atoms with van der Waals surface area (Å²) in [4.78, 5) is 19.8. The SMILES string of the molecule is CSc1ncc(C(=O)NCC2CC2)c(N)n1. The molecule has 0 unspecified atom stereocenters. The molecule has 0 aliphatic heterocycles. The van der Waals surface area contributed by atoms with Crippen molar-refractivity contribution in [3.63, 3.8) is 0 Å². The molecule has 0 atom stereocenters. The number of nitrogens with two attached hydrogens (primary N) is 1. The molecular weight excluding hydrogens is 224 g/mol. The Labute approximate surface area is 98.2 Å². The monoisotopic (exact) mass is 238 g/mol. The molecule has 86 valence electrons. The van der Waals surface area contributed by atoms with E-state index < -0.39 is 0 Å². The van der Waals surface area contributed by atoms with Crippen molar-refractivity contribution in [3.05, 3.63) is 11.8 Å². The average molecular weight is 238 g/mol. The van der Waals surface area contributed by atoms with Crippen LogP contribution in [0.25, 0.3) is 0 Å². The van der Waals surface area contributed by atoms with Gasteiger partial charge in [-0.2, -0.15) is 0 Å². The van der Waals surface area contributed by atoms with Crippen LogP contribution in [0.4, 0.5) is 5.82 Å². The van der Waals surface area contributed by atoms with Crippen molar-refractivity contribution in [2.75, 3.05) is 18.5 Å². The highest BCUT2D eigenvalue weighted by molar-refractivity contribution is 7.98. The number of thioether (sulfide) groups is 1. The molecule has 0 spiro atoms. The summed E-state index contributed by atoms with van der Waals surface area (Å²) in [5.74, 6) is 0.710. The van der Waals surface area contributed by atoms with E-state index in [-0.39, 0.29) is 11.7 Å². The van der Waals surface area contributed by atoms with E-state index in [1.165, 1.54) is 30.8 Å². The van der Waals surface area contributed by atoms with Crippen LogP contribution in [-0.4, -0.2) is 28.7 Å². The Kier molecular flexibility index (Phi) is 3.28. The van der Waals surface area contributed by atoms with Gasteiger partial charge in [0.05, 0.1) is 5.56 Å². The summed E-state index contributed by atoms with van der Waals surface area (Å²) in [6, 6.07) is 0. The Morgan fingerprint density at radius 1 is 1.69 bits per heavy atom. The Morgan fingerprint density at radius 2 is 2.44 bits per heavy atom. The van der Waals surface area contributed by atoms with E-state index in [9.17, 15) is 4.79 Å². The Hall–Kier alpha value is -1.30. The summed E-state index contributed by atoms with van der Waals surface area (Å²) < 4.78 is 0. The fourth-order valence-electron chi connectivity index (χ4n) is 1.31. The smallest absolute Gasteiger partial charge is 0.256 e. The van der Waals surface area contributed by atoms with E-state index in [1.807, 2.05) is 6.26 Å². The van der Waals surface area contributed by atoms with Crippen molar-refractivity contribution in [2.24, 2.45) is 5.92 Å². The van der Waals surface area contributed by atoms with Crippen molar-refractivity contribution < 1.29 is 4.79 Å². The van der Waals surface area contributed by atoms with Gasteiger partial charge in [-0.25, -0.2) is 9.97 Å². The second-order valence-corrected chi connectivity index (χ2v) is 4.58. The van der Waals surface area contributed by atoms with Gasteiger partial charge in [-0.15, -0.1) is 0 Å². The largest absolute Gasteiger partial charge is 0.383 e. The van der Waals surface area contributed by atoms with Gasteiger partial charge in [0.25, 0.3) is 5.91 Å². The van der Waals surface area contributed by atoms with Crippen molar-refractivity contribution >= 4 is 23.5 Å². The average Bonchev–Trinajstić information content (AvgIpc) is 3.09. The zero-order valence-electron chi connectivity index (χ0n) is 9.06. The Morgan fingerprint density at radius 3 is 3.00 bits per heavy atom. The van der Waals surface area contributed by atoms with E-state index >= 15 is 0 Å². The van der Waals surface area contributed by atoms with Crippen molar-refractivity contribution in [2.45, 2.75) is 18.0 Å². The van der Waals surface area contributed by atoms with Gasteiger partial charge < -0.3 is 11.1 Å².